The summed E-state index contributed by atoms with van der Waals surface area (Å²) in [6.45, 7) is 3.52. The van der Waals surface area contributed by atoms with Gasteiger partial charge in [-0.05, 0) is 36.9 Å². The van der Waals surface area contributed by atoms with Crippen LogP contribution < -0.4 is 4.83 Å². The number of hydrazone groups is 1. The van der Waals surface area contributed by atoms with Crippen molar-refractivity contribution in [2.45, 2.75) is 18.7 Å². The van der Waals surface area contributed by atoms with Crippen LogP contribution in [0.4, 0.5) is 0 Å². The first-order chi connectivity index (χ1) is 9.00. The summed E-state index contributed by atoms with van der Waals surface area (Å²) in [6.07, 6.45) is 0. The Morgan fingerprint density at radius 1 is 1.21 bits per heavy atom. The van der Waals surface area contributed by atoms with Crippen LogP contribution in [0.3, 0.4) is 0 Å². The summed E-state index contributed by atoms with van der Waals surface area (Å²) in [7, 11) is -3.61. The van der Waals surface area contributed by atoms with Crippen LogP contribution in [0, 0.1) is 6.92 Å². The number of benzene rings is 1. The van der Waals surface area contributed by atoms with Gasteiger partial charge < -0.3 is 0 Å². The summed E-state index contributed by atoms with van der Waals surface area (Å²) in [6, 6.07) is 10.6. The molecule has 19 heavy (non-hydrogen) atoms. The van der Waals surface area contributed by atoms with E-state index in [-0.39, 0.29) is 4.90 Å². The van der Waals surface area contributed by atoms with Crippen molar-refractivity contribution in [1.29, 1.82) is 0 Å². The van der Waals surface area contributed by atoms with Crippen molar-refractivity contribution < 1.29 is 8.42 Å². The Morgan fingerprint density at radius 2 is 1.95 bits per heavy atom. The van der Waals surface area contributed by atoms with Gasteiger partial charge in [0.1, 0.15) is 0 Å². The first kappa shape index (κ1) is 13.8. The predicted molar refractivity (Wildman–Crippen MR) is 78.0 cm³/mol. The van der Waals surface area contributed by atoms with Gasteiger partial charge in [0.15, 0.2) is 0 Å². The third-order valence-electron chi connectivity index (χ3n) is 2.59. The molecule has 0 radical (unpaired) electrons. The van der Waals surface area contributed by atoms with Crippen LogP contribution in [0.15, 0.2) is 51.8 Å². The zero-order valence-electron chi connectivity index (χ0n) is 10.6. The molecule has 0 atom stereocenters. The number of nitrogens with zero attached hydrogens (tertiary/aromatic N) is 1. The van der Waals surface area contributed by atoms with Crippen LogP contribution in [-0.4, -0.2) is 14.1 Å². The zero-order chi connectivity index (χ0) is 13.9. The Hall–Kier alpha value is -1.66. The number of nitrogens with one attached hydrogen (secondary N) is 1. The van der Waals surface area contributed by atoms with Crippen LogP contribution >= 0.6 is 11.3 Å². The molecule has 1 aromatic heterocycles. The maximum absolute atomic E-state index is 12.1. The predicted octanol–water partition coefficient (Wildman–Crippen LogP) is 2.76. The molecule has 100 valence electrons. The molecule has 4 nitrogen and oxygen atoms in total. The van der Waals surface area contributed by atoms with Crippen molar-refractivity contribution in [1.82, 2.24) is 4.83 Å². The SMILES string of the molecule is C/C(=N/NS(=O)(=O)c1ccccc1C)c1cccs1. The van der Waals surface area contributed by atoms with Crippen molar-refractivity contribution in [3.8, 4) is 0 Å². The normalized spacial score (nSPS) is 12.4. The summed E-state index contributed by atoms with van der Waals surface area (Å²) in [5, 5.41) is 5.87. The minimum atomic E-state index is -3.61. The number of hydrogen-bond acceptors (Lipinski definition) is 4. The molecule has 0 unspecified atom stereocenters. The highest BCUT2D eigenvalue weighted by atomic mass is 32.2. The Bertz CT molecular complexity index is 689. The number of aryl methyl sites for hydroxylation is 1. The third kappa shape index (κ3) is 3.21. The Morgan fingerprint density at radius 3 is 2.58 bits per heavy atom. The van der Waals surface area contributed by atoms with E-state index in [1.54, 1.807) is 38.1 Å². The Labute approximate surface area is 116 Å². The molecule has 0 aliphatic rings. The fourth-order valence-corrected chi connectivity index (χ4v) is 3.36. The van der Waals surface area contributed by atoms with Crippen LogP contribution in [0.1, 0.15) is 17.4 Å². The lowest BCUT2D eigenvalue weighted by atomic mass is 10.2. The molecular formula is C13H14N2O2S2. The lowest BCUT2D eigenvalue weighted by molar-refractivity contribution is 0.584. The summed E-state index contributed by atoms with van der Waals surface area (Å²) >= 11 is 1.51. The molecule has 0 aliphatic heterocycles. The third-order valence-corrected chi connectivity index (χ3v) is 4.94. The summed E-state index contributed by atoms with van der Waals surface area (Å²) in [5.41, 5.74) is 1.34. The molecule has 0 aliphatic carbocycles. The topological polar surface area (TPSA) is 58.5 Å². The molecular weight excluding hydrogens is 280 g/mol. The van der Waals surface area contributed by atoms with Crippen molar-refractivity contribution >= 4 is 27.1 Å². The van der Waals surface area contributed by atoms with E-state index in [1.165, 1.54) is 11.3 Å². The summed E-state index contributed by atoms with van der Waals surface area (Å²) in [5.74, 6) is 0. The molecule has 0 amide bonds. The average molecular weight is 294 g/mol. The lowest BCUT2D eigenvalue weighted by Gasteiger charge is -2.06. The molecule has 2 rings (SSSR count). The zero-order valence-corrected chi connectivity index (χ0v) is 12.3. The van der Waals surface area contributed by atoms with E-state index in [0.29, 0.717) is 11.3 Å². The number of hydrogen-bond donors (Lipinski definition) is 1. The van der Waals surface area contributed by atoms with E-state index < -0.39 is 10.0 Å². The second kappa shape index (κ2) is 5.54. The molecule has 1 aromatic carbocycles. The van der Waals surface area contributed by atoms with E-state index in [9.17, 15) is 8.42 Å². The second-order valence-corrected chi connectivity index (χ2v) is 6.61. The number of thiophene rings is 1. The van der Waals surface area contributed by atoms with Crippen molar-refractivity contribution in [3.05, 3.63) is 52.2 Å². The fourth-order valence-electron chi connectivity index (χ4n) is 1.58. The first-order valence-electron chi connectivity index (χ1n) is 5.66. The minimum absolute atomic E-state index is 0.248. The van der Waals surface area contributed by atoms with Crippen molar-refractivity contribution in [2.75, 3.05) is 0 Å². The standard InChI is InChI=1S/C13H14N2O2S2/c1-10-6-3-4-8-13(10)19(16,17)15-14-11(2)12-7-5-9-18-12/h3-9,15H,1-2H3/b14-11-. The molecule has 0 saturated carbocycles. The van der Waals surface area contributed by atoms with Gasteiger partial charge >= 0.3 is 0 Å². The summed E-state index contributed by atoms with van der Waals surface area (Å²) in [4.78, 5) is 3.46. The van der Waals surface area contributed by atoms with Crippen LogP contribution in [0.2, 0.25) is 0 Å². The average Bonchev–Trinajstić information content (AvgIpc) is 2.90. The Kier molecular flexibility index (Phi) is 4.01. The smallest absolute Gasteiger partial charge is 0.200 e. The van der Waals surface area contributed by atoms with Gasteiger partial charge in [0, 0.05) is 0 Å². The minimum Gasteiger partial charge on any atom is -0.200 e. The monoisotopic (exact) mass is 294 g/mol. The van der Waals surface area contributed by atoms with Gasteiger partial charge in [-0.15, -0.1) is 11.3 Å². The van der Waals surface area contributed by atoms with Gasteiger partial charge in [0.2, 0.25) is 0 Å². The largest absolute Gasteiger partial charge is 0.276 e. The molecule has 1 heterocycles. The van der Waals surface area contributed by atoms with Crippen LogP contribution in [-0.2, 0) is 10.0 Å². The second-order valence-electron chi connectivity index (χ2n) is 4.03. The number of rotatable bonds is 4. The van der Waals surface area contributed by atoms with E-state index in [4.69, 9.17) is 0 Å². The van der Waals surface area contributed by atoms with E-state index in [2.05, 4.69) is 9.93 Å². The maximum Gasteiger partial charge on any atom is 0.276 e. The highest BCUT2D eigenvalue weighted by molar-refractivity contribution is 7.89. The number of sulfonamides is 1. The molecule has 0 spiro atoms. The molecule has 6 heteroatoms. The van der Waals surface area contributed by atoms with Crippen LogP contribution in [0.25, 0.3) is 0 Å². The van der Waals surface area contributed by atoms with Gasteiger partial charge in [-0.3, -0.25) is 0 Å². The fraction of sp³-hybridized carbons (Fsp3) is 0.154. The first-order valence-corrected chi connectivity index (χ1v) is 8.02. The van der Waals surface area contributed by atoms with E-state index in [0.717, 1.165) is 4.88 Å². The molecule has 0 fully saturated rings. The van der Waals surface area contributed by atoms with Gasteiger partial charge in [-0.2, -0.15) is 18.4 Å². The van der Waals surface area contributed by atoms with Crippen LogP contribution in [0.5, 0.6) is 0 Å². The van der Waals surface area contributed by atoms with Gasteiger partial charge in [0.25, 0.3) is 10.0 Å². The van der Waals surface area contributed by atoms with Crippen molar-refractivity contribution in [2.24, 2.45) is 5.10 Å². The van der Waals surface area contributed by atoms with E-state index >= 15 is 0 Å². The van der Waals surface area contributed by atoms with E-state index in [1.807, 2.05) is 17.5 Å². The molecule has 0 bridgehead atoms. The van der Waals surface area contributed by atoms with Gasteiger partial charge in [-0.25, -0.2) is 0 Å². The van der Waals surface area contributed by atoms with Gasteiger partial charge in [-0.1, -0.05) is 24.3 Å². The quantitative estimate of drug-likeness (QED) is 0.696. The van der Waals surface area contributed by atoms with Gasteiger partial charge in [0.05, 0.1) is 15.5 Å². The molecule has 1 N–H and O–H groups in total. The maximum atomic E-state index is 12.1. The highest BCUT2D eigenvalue weighted by Gasteiger charge is 2.15. The lowest BCUT2D eigenvalue weighted by Crippen LogP contribution is -2.20. The Balaban J connectivity index is 2.24. The van der Waals surface area contributed by atoms with Crippen molar-refractivity contribution in [3.63, 3.8) is 0 Å². The molecule has 0 saturated heterocycles. The molecule has 2 aromatic rings. The summed E-state index contributed by atoms with van der Waals surface area (Å²) < 4.78 is 24.2. The highest BCUT2D eigenvalue weighted by Crippen LogP contribution is 2.14.